The van der Waals surface area contributed by atoms with Crippen LogP contribution in [0.2, 0.25) is 0 Å². The minimum atomic E-state index is 0.467. The molecular formula is C10H13NO. The van der Waals surface area contributed by atoms with Crippen LogP contribution in [-0.4, -0.2) is 11.1 Å². The fourth-order valence-corrected chi connectivity index (χ4v) is 1.06. The molecule has 0 aliphatic heterocycles. The van der Waals surface area contributed by atoms with Gasteiger partial charge >= 0.3 is 0 Å². The molecule has 1 aromatic rings. The van der Waals surface area contributed by atoms with Crippen LogP contribution in [0.5, 0.6) is 5.75 Å². The van der Waals surface area contributed by atoms with E-state index in [-0.39, 0.29) is 0 Å². The normalized spacial score (nSPS) is 16.2. The SMILES string of the molecule is Cc1cc(OC2CC2)cnc1C. The molecule has 1 aliphatic carbocycles. The smallest absolute Gasteiger partial charge is 0.138 e. The summed E-state index contributed by atoms with van der Waals surface area (Å²) < 4.78 is 5.60. The minimum Gasteiger partial charge on any atom is -0.489 e. The molecule has 0 radical (unpaired) electrons. The highest BCUT2D eigenvalue weighted by Crippen LogP contribution is 2.26. The van der Waals surface area contributed by atoms with Crippen molar-refractivity contribution in [1.82, 2.24) is 4.98 Å². The molecule has 0 aromatic carbocycles. The van der Waals surface area contributed by atoms with Gasteiger partial charge in [0.05, 0.1) is 12.3 Å². The number of nitrogens with zero attached hydrogens (tertiary/aromatic N) is 1. The summed E-state index contributed by atoms with van der Waals surface area (Å²) in [4.78, 5) is 4.23. The van der Waals surface area contributed by atoms with Crippen molar-refractivity contribution >= 4 is 0 Å². The molecule has 1 saturated carbocycles. The van der Waals surface area contributed by atoms with E-state index in [1.807, 2.05) is 6.92 Å². The fraction of sp³-hybridized carbons (Fsp3) is 0.500. The van der Waals surface area contributed by atoms with Crippen LogP contribution in [0.15, 0.2) is 12.3 Å². The molecule has 0 bridgehead atoms. The van der Waals surface area contributed by atoms with Crippen molar-refractivity contribution in [3.63, 3.8) is 0 Å². The molecule has 0 N–H and O–H groups in total. The Morgan fingerprint density at radius 3 is 2.75 bits per heavy atom. The lowest BCUT2D eigenvalue weighted by molar-refractivity contribution is 0.301. The molecular weight excluding hydrogens is 150 g/mol. The first kappa shape index (κ1) is 7.59. The van der Waals surface area contributed by atoms with Gasteiger partial charge in [0.15, 0.2) is 0 Å². The third kappa shape index (κ3) is 1.58. The molecule has 1 aliphatic rings. The predicted molar refractivity (Wildman–Crippen MR) is 47.4 cm³/mol. The monoisotopic (exact) mass is 163 g/mol. The van der Waals surface area contributed by atoms with Crippen LogP contribution in [0.4, 0.5) is 0 Å². The molecule has 2 heteroatoms. The van der Waals surface area contributed by atoms with Gasteiger partial charge in [0.1, 0.15) is 5.75 Å². The molecule has 64 valence electrons. The molecule has 0 unspecified atom stereocenters. The quantitative estimate of drug-likeness (QED) is 0.667. The molecule has 0 atom stereocenters. The van der Waals surface area contributed by atoms with Crippen molar-refractivity contribution < 1.29 is 4.74 Å². The Morgan fingerprint density at radius 2 is 2.17 bits per heavy atom. The fourth-order valence-electron chi connectivity index (χ4n) is 1.06. The lowest BCUT2D eigenvalue weighted by atomic mass is 10.2. The average molecular weight is 163 g/mol. The number of rotatable bonds is 2. The van der Waals surface area contributed by atoms with Gasteiger partial charge in [-0.25, -0.2) is 0 Å². The molecule has 1 fully saturated rings. The topological polar surface area (TPSA) is 22.1 Å². The Bertz CT molecular complexity index is 292. The summed E-state index contributed by atoms with van der Waals surface area (Å²) in [5, 5.41) is 0. The van der Waals surface area contributed by atoms with Gasteiger partial charge in [-0.15, -0.1) is 0 Å². The number of pyridine rings is 1. The maximum atomic E-state index is 5.60. The lowest BCUT2D eigenvalue weighted by Gasteiger charge is -2.05. The van der Waals surface area contributed by atoms with Crippen LogP contribution < -0.4 is 4.74 Å². The zero-order valence-corrected chi connectivity index (χ0v) is 7.50. The number of ether oxygens (including phenoxy) is 1. The highest BCUT2D eigenvalue weighted by molar-refractivity contribution is 5.27. The second-order valence-electron chi connectivity index (χ2n) is 3.39. The van der Waals surface area contributed by atoms with Crippen LogP contribution in [-0.2, 0) is 0 Å². The first-order valence-corrected chi connectivity index (χ1v) is 4.35. The van der Waals surface area contributed by atoms with Crippen molar-refractivity contribution in [2.75, 3.05) is 0 Å². The summed E-state index contributed by atoms with van der Waals surface area (Å²) >= 11 is 0. The molecule has 2 rings (SSSR count). The highest BCUT2D eigenvalue weighted by Gasteiger charge is 2.23. The van der Waals surface area contributed by atoms with E-state index in [0.29, 0.717) is 6.10 Å². The van der Waals surface area contributed by atoms with Crippen molar-refractivity contribution in [1.29, 1.82) is 0 Å². The molecule has 0 saturated heterocycles. The first-order chi connectivity index (χ1) is 5.75. The lowest BCUT2D eigenvalue weighted by Crippen LogP contribution is -1.97. The van der Waals surface area contributed by atoms with E-state index in [2.05, 4.69) is 18.0 Å². The van der Waals surface area contributed by atoms with E-state index in [4.69, 9.17) is 4.74 Å². The summed E-state index contributed by atoms with van der Waals surface area (Å²) in [5.74, 6) is 0.917. The largest absolute Gasteiger partial charge is 0.489 e. The maximum absolute atomic E-state index is 5.60. The summed E-state index contributed by atoms with van der Waals surface area (Å²) in [6.07, 6.45) is 4.68. The number of hydrogen-bond acceptors (Lipinski definition) is 2. The summed E-state index contributed by atoms with van der Waals surface area (Å²) in [6, 6.07) is 2.06. The van der Waals surface area contributed by atoms with Crippen LogP contribution in [0, 0.1) is 13.8 Å². The van der Waals surface area contributed by atoms with E-state index >= 15 is 0 Å². The molecule has 0 spiro atoms. The molecule has 2 nitrogen and oxygen atoms in total. The van der Waals surface area contributed by atoms with Crippen LogP contribution in [0.3, 0.4) is 0 Å². The van der Waals surface area contributed by atoms with E-state index in [9.17, 15) is 0 Å². The second kappa shape index (κ2) is 2.77. The van der Waals surface area contributed by atoms with Gasteiger partial charge in [0, 0.05) is 5.69 Å². The minimum absolute atomic E-state index is 0.467. The Labute approximate surface area is 72.6 Å². The van der Waals surface area contributed by atoms with Crippen LogP contribution >= 0.6 is 0 Å². The summed E-state index contributed by atoms with van der Waals surface area (Å²) in [5.41, 5.74) is 2.28. The molecule has 12 heavy (non-hydrogen) atoms. The zero-order chi connectivity index (χ0) is 8.55. The Morgan fingerprint density at radius 1 is 1.42 bits per heavy atom. The van der Waals surface area contributed by atoms with E-state index in [1.165, 1.54) is 18.4 Å². The number of aromatic nitrogens is 1. The molecule has 1 aromatic heterocycles. The van der Waals surface area contributed by atoms with Crippen molar-refractivity contribution in [3.05, 3.63) is 23.5 Å². The van der Waals surface area contributed by atoms with Crippen molar-refractivity contribution in [3.8, 4) is 5.75 Å². The van der Waals surface area contributed by atoms with Gasteiger partial charge in [-0.2, -0.15) is 0 Å². The van der Waals surface area contributed by atoms with E-state index in [1.54, 1.807) is 6.20 Å². The third-order valence-corrected chi connectivity index (χ3v) is 2.14. The summed E-state index contributed by atoms with van der Waals surface area (Å²) in [6.45, 7) is 4.07. The standard InChI is InChI=1S/C10H13NO/c1-7-5-10(6-11-8(7)2)12-9-3-4-9/h5-6,9H,3-4H2,1-2H3. The average Bonchev–Trinajstić information content (AvgIpc) is 2.81. The van der Waals surface area contributed by atoms with Crippen molar-refractivity contribution in [2.45, 2.75) is 32.8 Å². The molecule has 1 heterocycles. The maximum Gasteiger partial charge on any atom is 0.138 e. The van der Waals surface area contributed by atoms with Crippen molar-refractivity contribution in [2.24, 2.45) is 0 Å². The zero-order valence-electron chi connectivity index (χ0n) is 7.50. The second-order valence-corrected chi connectivity index (χ2v) is 3.39. The molecule has 0 amide bonds. The summed E-state index contributed by atoms with van der Waals surface area (Å²) in [7, 11) is 0. The predicted octanol–water partition coefficient (Wildman–Crippen LogP) is 2.24. The van der Waals surface area contributed by atoms with E-state index in [0.717, 1.165) is 11.4 Å². The van der Waals surface area contributed by atoms with Gasteiger partial charge in [-0.3, -0.25) is 4.98 Å². The van der Waals surface area contributed by atoms with Gasteiger partial charge in [0.2, 0.25) is 0 Å². The van der Waals surface area contributed by atoms with Gasteiger partial charge < -0.3 is 4.74 Å². The highest BCUT2D eigenvalue weighted by atomic mass is 16.5. The third-order valence-electron chi connectivity index (χ3n) is 2.14. The van der Waals surface area contributed by atoms with Crippen LogP contribution in [0.1, 0.15) is 24.1 Å². The number of hydrogen-bond donors (Lipinski definition) is 0. The van der Waals surface area contributed by atoms with Gasteiger partial charge in [0.25, 0.3) is 0 Å². The number of aryl methyl sites for hydroxylation is 2. The van der Waals surface area contributed by atoms with Gasteiger partial charge in [-0.05, 0) is 38.3 Å². The Hall–Kier alpha value is -1.05. The Balaban J connectivity index is 2.15. The van der Waals surface area contributed by atoms with E-state index < -0.39 is 0 Å². The Kier molecular flexibility index (Phi) is 1.75. The van der Waals surface area contributed by atoms with Gasteiger partial charge in [-0.1, -0.05) is 0 Å². The van der Waals surface area contributed by atoms with Crippen LogP contribution in [0.25, 0.3) is 0 Å². The first-order valence-electron chi connectivity index (χ1n) is 4.35.